The van der Waals surface area contributed by atoms with Gasteiger partial charge in [-0.1, -0.05) is 0 Å². The van der Waals surface area contributed by atoms with E-state index in [4.69, 9.17) is 5.73 Å². The molecule has 6 nitrogen and oxygen atoms in total. The fourth-order valence-electron chi connectivity index (χ4n) is 1.64. The Morgan fingerprint density at radius 1 is 1.38 bits per heavy atom. The zero-order valence-electron chi connectivity index (χ0n) is 11.6. The SMILES string of the molecule is CC(N)CCC(=O)Nc1cccnc1-n1cccn1.Cl.Cl. The Kier molecular flexibility index (Phi) is 8.61. The second-order valence-corrected chi connectivity index (χ2v) is 4.39. The maximum absolute atomic E-state index is 11.8. The molecule has 2 heterocycles. The summed E-state index contributed by atoms with van der Waals surface area (Å²) in [5, 5.41) is 6.95. The number of carbonyl (C=O) groups is 1. The average molecular weight is 332 g/mol. The zero-order chi connectivity index (χ0) is 13.7. The van der Waals surface area contributed by atoms with Gasteiger partial charge in [-0.3, -0.25) is 4.79 Å². The summed E-state index contributed by atoms with van der Waals surface area (Å²) in [5.41, 5.74) is 6.27. The summed E-state index contributed by atoms with van der Waals surface area (Å²) in [5.74, 6) is 0.528. The minimum absolute atomic E-state index is 0. The largest absolute Gasteiger partial charge is 0.328 e. The number of aromatic nitrogens is 3. The van der Waals surface area contributed by atoms with Crippen molar-refractivity contribution in [2.24, 2.45) is 5.73 Å². The van der Waals surface area contributed by atoms with Gasteiger partial charge in [0.25, 0.3) is 0 Å². The van der Waals surface area contributed by atoms with Crippen LogP contribution in [0.25, 0.3) is 5.82 Å². The molecule has 0 saturated carbocycles. The van der Waals surface area contributed by atoms with Crippen LogP contribution in [-0.4, -0.2) is 26.7 Å². The van der Waals surface area contributed by atoms with Gasteiger partial charge in [-0.2, -0.15) is 5.10 Å². The molecule has 0 aliphatic heterocycles. The van der Waals surface area contributed by atoms with E-state index < -0.39 is 0 Å². The van der Waals surface area contributed by atoms with E-state index in [0.717, 1.165) is 0 Å². The lowest BCUT2D eigenvalue weighted by molar-refractivity contribution is -0.116. The van der Waals surface area contributed by atoms with Crippen molar-refractivity contribution in [1.29, 1.82) is 0 Å². The van der Waals surface area contributed by atoms with Crippen LogP contribution in [0.3, 0.4) is 0 Å². The van der Waals surface area contributed by atoms with E-state index in [2.05, 4.69) is 15.4 Å². The van der Waals surface area contributed by atoms with Gasteiger partial charge in [0, 0.05) is 31.1 Å². The smallest absolute Gasteiger partial charge is 0.224 e. The van der Waals surface area contributed by atoms with E-state index in [1.807, 2.05) is 6.92 Å². The first kappa shape index (κ1) is 19.4. The van der Waals surface area contributed by atoms with Crippen LogP contribution in [0.1, 0.15) is 19.8 Å². The lowest BCUT2D eigenvalue weighted by atomic mass is 10.2. The van der Waals surface area contributed by atoms with Gasteiger partial charge in [-0.05, 0) is 31.5 Å². The van der Waals surface area contributed by atoms with Crippen molar-refractivity contribution in [2.45, 2.75) is 25.8 Å². The molecule has 0 aromatic carbocycles. The van der Waals surface area contributed by atoms with Gasteiger partial charge in [0.2, 0.25) is 5.91 Å². The maximum atomic E-state index is 11.8. The number of nitrogens with one attached hydrogen (secondary N) is 1. The fourth-order valence-corrected chi connectivity index (χ4v) is 1.64. The first-order valence-corrected chi connectivity index (χ1v) is 6.17. The van der Waals surface area contributed by atoms with Gasteiger partial charge in [-0.15, -0.1) is 24.8 Å². The highest BCUT2D eigenvalue weighted by Crippen LogP contribution is 2.16. The maximum Gasteiger partial charge on any atom is 0.224 e. The Balaban J connectivity index is 0.00000200. The molecule has 2 aromatic rings. The van der Waals surface area contributed by atoms with E-state index in [1.54, 1.807) is 41.5 Å². The first-order chi connectivity index (χ1) is 9.16. The topological polar surface area (TPSA) is 85.8 Å². The lowest BCUT2D eigenvalue weighted by Crippen LogP contribution is -2.20. The third-order valence-corrected chi connectivity index (χ3v) is 2.61. The minimum Gasteiger partial charge on any atom is -0.328 e. The molecule has 0 bridgehead atoms. The molecular formula is C13H19Cl2N5O. The molecule has 0 radical (unpaired) electrons. The number of pyridine rings is 1. The molecule has 0 aliphatic carbocycles. The van der Waals surface area contributed by atoms with Crippen LogP contribution in [0.5, 0.6) is 0 Å². The lowest BCUT2D eigenvalue weighted by Gasteiger charge is -2.10. The quantitative estimate of drug-likeness (QED) is 0.879. The molecule has 2 aromatic heterocycles. The second kappa shape index (κ2) is 9.33. The van der Waals surface area contributed by atoms with E-state index in [-0.39, 0.29) is 36.8 Å². The molecule has 21 heavy (non-hydrogen) atoms. The van der Waals surface area contributed by atoms with E-state index in [0.29, 0.717) is 24.3 Å². The normalized spacial score (nSPS) is 11.0. The number of amides is 1. The molecule has 0 aliphatic rings. The zero-order valence-corrected chi connectivity index (χ0v) is 13.2. The fraction of sp³-hybridized carbons (Fsp3) is 0.308. The van der Waals surface area contributed by atoms with Gasteiger partial charge in [0.15, 0.2) is 5.82 Å². The summed E-state index contributed by atoms with van der Waals surface area (Å²) < 4.78 is 1.61. The molecular weight excluding hydrogens is 313 g/mol. The van der Waals surface area contributed by atoms with Crippen LogP contribution < -0.4 is 11.1 Å². The van der Waals surface area contributed by atoms with E-state index >= 15 is 0 Å². The Morgan fingerprint density at radius 3 is 2.76 bits per heavy atom. The van der Waals surface area contributed by atoms with Crippen LogP contribution in [0, 0.1) is 0 Å². The molecule has 116 valence electrons. The van der Waals surface area contributed by atoms with Crippen molar-refractivity contribution in [3.8, 4) is 5.82 Å². The first-order valence-electron chi connectivity index (χ1n) is 6.17. The number of carbonyl (C=O) groups excluding carboxylic acids is 1. The van der Waals surface area contributed by atoms with Crippen molar-refractivity contribution >= 4 is 36.4 Å². The van der Waals surface area contributed by atoms with Gasteiger partial charge in [0.05, 0.1) is 5.69 Å². The number of nitrogens with zero attached hydrogens (tertiary/aromatic N) is 3. The van der Waals surface area contributed by atoms with Gasteiger partial charge >= 0.3 is 0 Å². The van der Waals surface area contributed by atoms with Crippen molar-refractivity contribution in [1.82, 2.24) is 14.8 Å². The highest BCUT2D eigenvalue weighted by Gasteiger charge is 2.09. The van der Waals surface area contributed by atoms with Crippen molar-refractivity contribution in [3.05, 3.63) is 36.8 Å². The number of rotatable bonds is 5. The van der Waals surface area contributed by atoms with Gasteiger partial charge < -0.3 is 11.1 Å². The van der Waals surface area contributed by atoms with Crippen LogP contribution in [0.15, 0.2) is 36.8 Å². The molecule has 2 rings (SSSR count). The summed E-state index contributed by atoms with van der Waals surface area (Å²) in [4.78, 5) is 16.0. The standard InChI is InChI=1S/C13H17N5O.2ClH/c1-10(14)5-6-12(19)17-11-4-2-7-15-13(11)18-9-3-8-16-18;;/h2-4,7-10H,5-6,14H2,1H3,(H,17,19);2*1H. The third-order valence-electron chi connectivity index (χ3n) is 2.61. The summed E-state index contributed by atoms with van der Waals surface area (Å²) in [6.07, 6.45) is 6.15. The second-order valence-electron chi connectivity index (χ2n) is 4.39. The number of nitrogens with two attached hydrogens (primary N) is 1. The average Bonchev–Trinajstić information content (AvgIpc) is 2.91. The van der Waals surface area contributed by atoms with E-state index in [9.17, 15) is 4.79 Å². The highest BCUT2D eigenvalue weighted by molar-refractivity contribution is 5.92. The number of hydrogen-bond donors (Lipinski definition) is 2. The Labute approximate surface area is 135 Å². The van der Waals surface area contributed by atoms with Crippen molar-refractivity contribution in [2.75, 3.05) is 5.32 Å². The predicted molar refractivity (Wildman–Crippen MR) is 87.4 cm³/mol. The minimum atomic E-state index is -0.0706. The number of anilines is 1. The Bertz CT molecular complexity index is 545. The molecule has 8 heteroatoms. The molecule has 0 saturated heterocycles. The molecule has 1 unspecified atom stereocenters. The molecule has 1 atom stereocenters. The molecule has 0 fully saturated rings. The van der Waals surface area contributed by atoms with Gasteiger partial charge in [0.1, 0.15) is 0 Å². The summed E-state index contributed by atoms with van der Waals surface area (Å²) >= 11 is 0. The molecule has 0 spiro atoms. The van der Waals surface area contributed by atoms with Crippen LogP contribution in [0.2, 0.25) is 0 Å². The summed E-state index contributed by atoms with van der Waals surface area (Å²) in [7, 11) is 0. The Morgan fingerprint density at radius 2 is 2.14 bits per heavy atom. The number of hydrogen-bond acceptors (Lipinski definition) is 4. The van der Waals surface area contributed by atoms with Crippen LogP contribution in [0.4, 0.5) is 5.69 Å². The third kappa shape index (κ3) is 5.71. The Hall–Kier alpha value is -1.63. The van der Waals surface area contributed by atoms with E-state index in [1.165, 1.54) is 0 Å². The van der Waals surface area contributed by atoms with Gasteiger partial charge in [-0.25, -0.2) is 9.67 Å². The van der Waals surface area contributed by atoms with Crippen LogP contribution in [-0.2, 0) is 4.79 Å². The predicted octanol–water partition coefficient (Wildman–Crippen LogP) is 2.18. The highest BCUT2D eigenvalue weighted by atomic mass is 35.5. The van der Waals surface area contributed by atoms with Crippen molar-refractivity contribution in [3.63, 3.8) is 0 Å². The summed E-state index contributed by atoms with van der Waals surface area (Å²) in [6, 6.07) is 5.39. The monoisotopic (exact) mass is 331 g/mol. The number of halogens is 2. The summed E-state index contributed by atoms with van der Waals surface area (Å²) in [6.45, 7) is 1.88. The van der Waals surface area contributed by atoms with Crippen molar-refractivity contribution < 1.29 is 4.79 Å². The molecule has 1 amide bonds. The molecule has 3 N–H and O–H groups in total. The van der Waals surface area contributed by atoms with Crippen LogP contribution >= 0.6 is 24.8 Å².